The van der Waals surface area contributed by atoms with E-state index in [9.17, 15) is 18.0 Å². The van der Waals surface area contributed by atoms with E-state index in [4.69, 9.17) is 9.47 Å². The zero-order valence-electron chi connectivity index (χ0n) is 16.3. The number of nitrogens with zero attached hydrogens (tertiary/aromatic N) is 1. The van der Waals surface area contributed by atoms with Crippen LogP contribution >= 0.6 is 0 Å². The molecule has 29 heavy (non-hydrogen) atoms. The average molecular weight is 417 g/mol. The van der Waals surface area contributed by atoms with Gasteiger partial charge in [0.15, 0.2) is 6.10 Å². The SMILES string of the molecule is CCOc1ccc(C(=O)[C@H](C)OC(=O)c2cccc(N3CCCS3(=O)=O)c2)cc1. The lowest BCUT2D eigenvalue weighted by Gasteiger charge is -2.18. The highest BCUT2D eigenvalue weighted by molar-refractivity contribution is 7.93. The lowest BCUT2D eigenvalue weighted by atomic mass is 10.1. The first kappa shape index (κ1) is 20.9. The Bertz CT molecular complexity index is 1000. The Balaban J connectivity index is 1.69. The molecule has 0 radical (unpaired) electrons. The van der Waals surface area contributed by atoms with E-state index in [-0.39, 0.29) is 17.1 Å². The zero-order chi connectivity index (χ0) is 21.0. The van der Waals surface area contributed by atoms with E-state index in [1.807, 2.05) is 6.92 Å². The van der Waals surface area contributed by atoms with Gasteiger partial charge in [-0.05, 0) is 62.7 Å². The largest absolute Gasteiger partial charge is 0.494 e. The van der Waals surface area contributed by atoms with E-state index in [1.165, 1.54) is 23.4 Å². The minimum Gasteiger partial charge on any atom is -0.494 e. The molecule has 1 saturated heterocycles. The lowest BCUT2D eigenvalue weighted by Crippen LogP contribution is -2.26. The molecule has 0 amide bonds. The Morgan fingerprint density at radius 1 is 1.10 bits per heavy atom. The quantitative estimate of drug-likeness (QED) is 0.508. The topological polar surface area (TPSA) is 90.0 Å². The number of hydrogen-bond acceptors (Lipinski definition) is 6. The number of hydrogen-bond donors (Lipinski definition) is 0. The number of anilines is 1. The minimum absolute atomic E-state index is 0.0926. The van der Waals surface area contributed by atoms with Crippen LogP contribution in [-0.2, 0) is 14.8 Å². The number of carbonyl (C=O) groups excluding carboxylic acids is 2. The summed E-state index contributed by atoms with van der Waals surface area (Å²) in [6, 6.07) is 12.8. The van der Waals surface area contributed by atoms with E-state index >= 15 is 0 Å². The highest BCUT2D eigenvalue weighted by Crippen LogP contribution is 2.25. The predicted molar refractivity (Wildman–Crippen MR) is 109 cm³/mol. The molecular formula is C21H23NO6S. The summed E-state index contributed by atoms with van der Waals surface area (Å²) in [6.45, 7) is 4.28. The summed E-state index contributed by atoms with van der Waals surface area (Å²) in [4.78, 5) is 25.0. The van der Waals surface area contributed by atoms with Gasteiger partial charge in [-0.2, -0.15) is 0 Å². The molecule has 7 nitrogen and oxygen atoms in total. The van der Waals surface area contributed by atoms with Crippen LogP contribution in [-0.4, -0.2) is 45.2 Å². The molecule has 3 rings (SSSR count). The Labute approximate surface area is 170 Å². The number of ether oxygens (including phenoxy) is 2. The van der Waals surface area contributed by atoms with Crippen molar-refractivity contribution in [1.82, 2.24) is 0 Å². The summed E-state index contributed by atoms with van der Waals surface area (Å²) in [5.74, 6) is -0.271. The molecule has 0 unspecified atom stereocenters. The van der Waals surface area contributed by atoms with Crippen molar-refractivity contribution in [2.24, 2.45) is 0 Å². The predicted octanol–water partition coefficient (Wildman–Crippen LogP) is 3.05. The van der Waals surface area contributed by atoms with Gasteiger partial charge in [0.25, 0.3) is 0 Å². The third kappa shape index (κ3) is 4.76. The van der Waals surface area contributed by atoms with Crippen molar-refractivity contribution in [3.8, 4) is 5.75 Å². The first-order chi connectivity index (χ1) is 13.8. The molecule has 1 heterocycles. The summed E-state index contributed by atoms with van der Waals surface area (Å²) in [5, 5.41) is 0. The monoisotopic (exact) mass is 417 g/mol. The van der Waals surface area contributed by atoms with Gasteiger partial charge in [-0.3, -0.25) is 9.10 Å². The maximum atomic E-state index is 12.5. The van der Waals surface area contributed by atoms with Crippen LogP contribution in [0.5, 0.6) is 5.75 Å². The fourth-order valence-electron chi connectivity index (χ4n) is 3.12. The van der Waals surface area contributed by atoms with Gasteiger partial charge >= 0.3 is 5.97 Å². The molecular weight excluding hydrogens is 394 g/mol. The molecule has 2 aromatic carbocycles. The van der Waals surface area contributed by atoms with Crippen molar-refractivity contribution in [1.29, 1.82) is 0 Å². The number of esters is 1. The molecule has 1 fully saturated rings. The number of rotatable bonds is 7. The highest BCUT2D eigenvalue weighted by atomic mass is 32.2. The van der Waals surface area contributed by atoms with Crippen molar-refractivity contribution in [2.45, 2.75) is 26.4 Å². The van der Waals surface area contributed by atoms with Gasteiger partial charge in [-0.15, -0.1) is 0 Å². The van der Waals surface area contributed by atoms with Gasteiger partial charge in [0.05, 0.1) is 23.6 Å². The zero-order valence-corrected chi connectivity index (χ0v) is 17.1. The van der Waals surface area contributed by atoms with Crippen LogP contribution in [0.1, 0.15) is 41.0 Å². The summed E-state index contributed by atoms with van der Waals surface area (Å²) in [7, 11) is -3.35. The van der Waals surface area contributed by atoms with Crippen LogP contribution in [0, 0.1) is 0 Å². The van der Waals surface area contributed by atoms with Crippen molar-refractivity contribution in [3.05, 3.63) is 59.7 Å². The van der Waals surface area contributed by atoms with Gasteiger partial charge in [-0.1, -0.05) is 6.07 Å². The Morgan fingerprint density at radius 2 is 1.83 bits per heavy atom. The molecule has 0 N–H and O–H groups in total. The molecule has 8 heteroatoms. The van der Waals surface area contributed by atoms with Crippen LogP contribution in [0.2, 0.25) is 0 Å². The van der Waals surface area contributed by atoms with E-state index in [2.05, 4.69) is 0 Å². The molecule has 2 aromatic rings. The summed E-state index contributed by atoms with van der Waals surface area (Å²) in [5.41, 5.74) is 1.02. The van der Waals surface area contributed by atoms with E-state index < -0.39 is 22.1 Å². The lowest BCUT2D eigenvalue weighted by molar-refractivity contribution is 0.0319. The highest BCUT2D eigenvalue weighted by Gasteiger charge is 2.29. The summed E-state index contributed by atoms with van der Waals surface area (Å²) >= 11 is 0. The molecule has 0 aromatic heterocycles. The van der Waals surface area contributed by atoms with Crippen molar-refractivity contribution >= 4 is 27.5 Å². The van der Waals surface area contributed by atoms with Crippen LogP contribution in [0.4, 0.5) is 5.69 Å². The van der Waals surface area contributed by atoms with Gasteiger partial charge in [-0.25, -0.2) is 13.2 Å². The fourth-order valence-corrected chi connectivity index (χ4v) is 4.67. The minimum atomic E-state index is -3.35. The molecule has 1 atom stereocenters. The van der Waals surface area contributed by atoms with Gasteiger partial charge in [0.1, 0.15) is 5.75 Å². The normalized spacial score (nSPS) is 16.3. The van der Waals surface area contributed by atoms with Gasteiger partial charge in [0.2, 0.25) is 15.8 Å². The van der Waals surface area contributed by atoms with Crippen molar-refractivity contribution in [2.75, 3.05) is 23.2 Å². The molecule has 154 valence electrons. The molecule has 1 aliphatic heterocycles. The number of ketones is 1. The van der Waals surface area contributed by atoms with E-state index in [0.717, 1.165) is 0 Å². The molecule has 0 saturated carbocycles. The number of benzene rings is 2. The summed E-state index contributed by atoms with van der Waals surface area (Å²) < 4.78 is 36.1. The van der Waals surface area contributed by atoms with E-state index in [0.29, 0.717) is 36.6 Å². The van der Waals surface area contributed by atoms with Gasteiger partial charge in [0, 0.05) is 12.1 Å². The Kier molecular flexibility index (Phi) is 6.22. The Hall–Kier alpha value is -2.87. The first-order valence-corrected chi connectivity index (χ1v) is 11.0. The van der Waals surface area contributed by atoms with Crippen LogP contribution in [0.3, 0.4) is 0 Å². The second kappa shape index (κ2) is 8.65. The molecule has 0 spiro atoms. The smallest absolute Gasteiger partial charge is 0.338 e. The van der Waals surface area contributed by atoms with Crippen LogP contribution < -0.4 is 9.04 Å². The second-order valence-corrected chi connectivity index (χ2v) is 8.67. The fraction of sp³-hybridized carbons (Fsp3) is 0.333. The third-order valence-corrected chi connectivity index (χ3v) is 6.44. The number of Topliss-reactive ketones (excluding diaryl/α,β-unsaturated/α-hetero) is 1. The summed E-state index contributed by atoms with van der Waals surface area (Å²) in [6.07, 6.45) is -0.440. The maximum Gasteiger partial charge on any atom is 0.338 e. The second-order valence-electron chi connectivity index (χ2n) is 6.66. The van der Waals surface area contributed by atoms with Gasteiger partial charge < -0.3 is 9.47 Å². The third-order valence-electron chi connectivity index (χ3n) is 4.57. The number of carbonyl (C=O) groups is 2. The van der Waals surface area contributed by atoms with E-state index in [1.54, 1.807) is 36.4 Å². The number of sulfonamides is 1. The molecule has 1 aliphatic rings. The van der Waals surface area contributed by atoms with Crippen LogP contribution in [0.25, 0.3) is 0 Å². The Morgan fingerprint density at radius 3 is 2.45 bits per heavy atom. The van der Waals surface area contributed by atoms with Crippen molar-refractivity contribution in [3.63, 3.8) is 0 Å². The standard InChI is InChI=1S/C21H23NO6S/c1-3-27-19-10-8-16(9-11-19)20(23)15(2)28-21(24)17-6-4-7-18(14-17)22-12-5-13-29(22,25)26/h4,6-11,14-15H,3,5,12-13H2,1-2H3/t15-/m0/s1. The first-order valence-electron chi connectivity index (χ1n) is 9.40. The molecule has 0 bridgehead atoms. The maximum absolute atomic E-state index is 12.5. The molecule has 0 aliphatic carbocycles. The van der Waals surface area contributed by atoms with Crippen LogP contribution in [0.15, 0.2) is 48.5 Å². The average Bonchev–Trinajstić information content (AvgIpc) is 3.07. The van der Waals surface area contributed by atoms with Crippen molar-refractivity contribution < 1.29 is 27.5 Å².